The fourth-order valence-electron chi connectivity index (χ4n) is 2.06. The lowest BCUT2D eigenvalue weighted by Gasteiger charge is -2.04. The van der Waals surface area contributed by atoms with Crippen molar-refractivity contribution in [3.05, 3.63) is 33.3 Å². The van der Waals surface area contributed by atoms with Gasteiger partial charge in [-0.05, 0) is 12.1 Å². The highest BCUT2D eigenvalue weighted by Crippen LogP contribution is 2.35. The highest BCUT2D eigenvalue weighted by atomic mass is 32.1. The molecule has 0 fully saturated rings. The van der Waals surface area contributed by atoms with E-state index < -0.39 is 0 Å². The van der Waals surface area contributed by atoms with Gasteiger partial charge in [-0.1, -0.05) is 6.07 Å². The summed E-state index contributed by atoms with van der Waals surface area (Å²) in [6.07, 6.45) is 0. The number of fused-ring (bicyclic) bond motifs is 2. The summed E-state index contributed by atoms with van der Waals surface area (Å²) in [5.41, 5.74) is 0.256. The number of ether oxygens (including phenoxy) is 1. The Bertz CT molecular complexity index is 902. The molecule has 1 aromatic carbocycles. The van der Waals surface area contributed by atoms with Crippen molar-refractivity contribution in [3.63, 3.8) is 0 Å². The van der Waals surface area contributed by atoms with Crippen LogP contribution in [0, 0.1) is 11.3 Å². The third kappa shape index (κ3) is 1.49. The number of pyridine rings is 1. The summed E-state index contributed by atoms with van der Waals surface area (Å²) in [6, 6.07) is 6.97. The first-order chi connectivity index (χ1) is 9.17. The number of para-hydroxylation sites is 1. The summed E-state index contributed by atoms with van der Waals surface area (Å²) in [7, 11) is 1.52. The molecule has 0 radical (unpaired) electrons. The van der Waals surface area contributed by atoms with Gasteiger partial charge in [0.15, 0.2) is 5.75 Å². The number of hydrogen-bond acceptors (Lipinski definition) is 5. The number of nitriles is 1. The van der Waals surface area contributed by atoms with Crippen LogP contribution in [0.5, 0.6) is 11.5 Å². The lowest BCUT2D eigenvalue weighted by Crippen LogP contribution is -2.03. The van der Waals surface area contributed by atoms with E-state index in [1.165, 1.54) is 7.11 Å². The SMILES string of the molecule is COc1cccc2c(=O)c3c(O)c(C#N)sc3[nH]c12. The first-order valence-corrected chi connectivity index (χ1v) is 6.23. The van der Waals surface area contributed by atoms with Gasteiger partial charge in [-0.3, -0.25) is 4.79 Å². The van der Waals surface area contributed by atoms with E-state index in [0.29, 0.717) is 21.5 Å². The molecule has 0 saturated carbocycles. The van der Waals surface area contributed by atoms with Crippen LogP contribution in [0.4, 0.5) is 0 Å². The lowest BCUT2D eigenvalue weighted by molar-refractivity contribution is 0.419. The maximum atomic E-state index is 12.4. The van der Waals surface area contributed by atoms with Gasteiger partial charge in [0, 0.05) is 0 Å². The first kappa shape index (κ1) is 11.6. The van der Waals surface area contributed by atoms with E-state index in [4.69, 9.17) is 10.00 Å². The Morgan fingerprint density at radius 2 is 2.26 bits per heavy atom. The van der Waals surface area contributed by atoms with Gasteiger partial charge in [-0.25, -0.2) is 0 Å². The van der Waals surface area contributed by atoms with Crippen LogP contribution in [0.15, 0.2) is 23.0 Å². The van der Waals surface area contributed by atoms with E-state index in [1.54, 1.807) is 18.2 Å². The maximum Gasteiger partial charge on any atom is 0.202 e. The Kier molecular flexibility index (Phi) is 2.44. The zero-order valence-electron chi connectivity index (χ0n) is 9.85. The second-order valence-corrected chi connectivity index (χ2v) is 4.95. The Morgan fingerprint density at radius 3 is 2.95 bits per heavy atom. The van der Waals surface area contributed by atoms with Gasteiger partial charge >= 0.3 is 0 Å². The van der Waals surface area contributed by atoms with E-state index >= 15 is 0 Å². The third-order valence-corrected chi connectivity index (χ3v) is 3.94. The van der Waals surface area contributed by atoms with Crippen LogP contribution in [-0.2, 0) is 0 Å². The van der Waals surface area contributed by atoms with E-state index in [-0.39, 0.29) is 21.4 Å². The summed E-state index contributed by atoms with van der Waals surface area (Å²) in [4.78, 5) is 16.0. The number of methoxy groups -OCH3 is 1. The van der Waals surface area contributed by atoms with E-state index in [0.717, 1.165) is 11.3 Å². The van der Waals surface area contributed by atoms with Crippen molar-refractivity contribution >= 4 is 32.5 Å². The first-order valence-electron chi connectivity index (χ1n) is 5.42. The van der Waals surface area contributed by atoms with Crippen molar-refractivity contribution in [3.8, 4) is 17.6 Å². The minimum atomic E-state index is -0.307. The standard InChI is InChI=1S/C13H8N2O3S/c1-18-7-4-2-3-6-10(7)15-13-9(11(6)16)12(17)8(5-14)19-13/h2-4,17H,1H3,(H,15,16). The molecule has 0 bridgehead atoms. The lowest BCUT2D eigenvalue weighted by atomic mass is 10.1. The molecule has 0 spiro atoms. The highest BCUT2D eigenvalue weighted by Gasteiger charge is 2.17. The average Bonchev–Trinajstić information content (AvgIpc) is 2.75. The predicted octanol–water partition coefficient (Wildman–Crippen LogP) is 2.33. The second kappa shape index (κ2) is 4.00. The molecule has 2 N–H and O–H groups in total. The van der Waals surface area contributed by atoms with Crippen LogP contribution in [0.1, 0.15) is 4.88 Å². The number of H-pyrrole nitrogens is 1. The largest absolute Gasteiger partial charge is 0.505 e. The molecule has 0 unspecified atom stereocenters. The molecule has 3 rings (SSSR count). The molecule has 0 amide bonds. The number of aromatic amines is 1. The van der Waals surface area contributed by atoms with Crippen molar-refractivity contribution in [2.75, 3.05) is 7.11 Å². The van der Waals surface area contributed by atoms with E-state index in [1.807, 2.05) is 6.07 Å². The fraction of sp³-hybridized carbons (Fsp3) is 0.0769. The number of nitrogens with zero attached hydrogens (tertiary/aromatic N) is 1. The van der Waals surface area contributed by atoms with Gasteiger partial charge in [0.25, 0.3) is 0 Å². The second-order valence-electron chi connectivity index (χ2n) is 3.93. The van der Waals surface area contributed by atoms with Crippen molar-refractivity contribution < 1.29 is 9.84 Å². The molecule has 6 heteroatoms. The zero-order valence-corrected chi connectivity index (χ0v) is 10.7. The van der Waals surface area contributed by atoms with Gasteiger partial charge in [0.1, 0.15) is 26.9 Å². The minimum Gasteiger partial charge on any atom is -0.505 e. The van der Waals surface area contributed by atoms with Crippen LogP contribution in [-0.4, -0.2) is 17.2 Å². The van der Waals surface area contributed by atoms with Gasteiger partial charge in [-0.2, -0.15) is 5.26 Å². The van der Waals surface area contributed by atoms with Crippen LogP contribution >= 0.6 is 11.3 Å². The van der Waals surface area contributed by atoms with Crippen molar-refractivity contribution in [1.82, 2.24) is 4.98 Å². The molecule has 0 aliphatic carbocycles. The van der Waals surface area contributed by atoms with E-state index in [9.17, 15) is 9.90 Å². The molecule has 5 nitrogen and oxygen atoms in total. The maximum absolute atomic E-state index is 12.4. The molecule has 94 valence electrons. The predicted molar refractivity (Wildman–Crippen MR) is 72.9 cm³/mol. The number of hydrogen-bond donors (Lipinski definition) is 2. The number of benzene rings is 1. The van der Waals surface area contributed by atoms with Gasteiger partial charge in [-0.15, -0.1) is 11.3 Å². The van der Waals surface area contributed by atoms with Crippen LogP contribution < -0.4 is 10.2 Å². The quantitative estimate of drug-likeness (QED) is 0.711. The van der Waals surface area contributed by atoms with Crippen LogP contribution in [0.2, 0.25) is 0 Å². The summed E-state index contributed by atoms with van der Waals surface area (Å²) >= 11 is 1.05. The Balaban J connectivity index is 2.59. The molecule has 3 aromatic rings. The van der Waals surface area contributed by atoms with Crippen molar-refractivity contribution in [2.24, 2.45) is 0 Å². The highest BCUT2D eigenvalue weighted by molar-refractivity contribution is 7.19. The van der Waals surface area contributed by atoms with E-state index in [2.05, 4.69) is 4.98 Å². The van der Waals surface area contributed by atoms with Gasteiger partial charge < -0.3 is 14.8 Å². The number of rotatable bonds is 1. The van der Waals surface area contributed by atoms with Crippen molar-refractivity contribution in [2.45, 2.75) is 0 Å². The average molecular weight is 272 g/mol. The zero-order chi connectivity index (χ0) is 13.6. The number of nitrogens with one attached hydrogen (secondary N) is 1. The third-order valence-electron chi connectivity index (χ3n) is 2.94. The fourth-order valence-corrected chi connectivity index (χ4v) is 2.96. The van der Waals surface area contributed by atoms with Gasteiger partial charge in [0.2, 0.25) is 5.43 Å². The molecule has 2 aromatic heterocycles. The number of aromatic hydroxyl groups is 1. The molecular formula is C13H8N2O3S. The normalized spacial score (nSPS) is 10.7. The molecule has 0 atom stereocenters. The summed E-state index contributed by atoms with van der Waals surface area (Å²) in [5, 5.41) is 19.4. The van der Waals surface area contributed by atoms with Gasteiger partial charge in [0.05, 0.1) is 18.0 Å². The number of thiophene rings is 1. The molecular weight excluding hydrogens is 264 g/mol. The Morgan fingerprint density at radius 1 is 1.47 bits per heavy atom. The van der Waals surface area contributed by atoms with Crippen molar-refractivity contribution in [1.29, 1.82) is 5.26 Å². The molecule has 2 heterocycles. The molecule has 19 heavy (non-hydrogen) atoms. The molecule has 0 aliphatic heterocycles. The summed E-state index contributed by atoms with van der Waals surface area (Å²) in [6.45, 7) is 0. The summed E-state index contributed by atoms with van der Waals surface area (Å²) in [5.74, 6) is 0.288. The topological polar surface area (TPSA) is 86.1 Å². The smallest absolute Gasteiger partial charge is 0.202 e. The van der Waals surface area contributed by atoms with Crippen LogP contribution in [0.3, 0.4) is 0 Å². The monoisotopic (exact) mass is 272 g/mol. The number of aromatic nitrogens is 1. The summed E-state index contributed by atoms with van der Waals surface area (Å²) < 4.78 is 5.20. The minimum absolute atomic E-state index is 0.123. The van der Waals surface area contributed by atoms with Crippen LogP contribution in [0.25, 0.3) is 21.1 Å². The Hall–Kier alpha value is -2.52. The molecule has 0 saturated heterocycles. The Labute approximate surface area is 111 Å². The molecule has 0 aliphatic rings.